The summed E-state index contributed by atoms with van der Waals surface area (Å²) in [6.07, 6.45) is 2.22. The molecule has 1 fully saturated rings. The molecule has 0 atom stereocenters. The van der Waals surface area contributed by atoms with Gasteiger partial charge in [0.2, 0.25) is 0 Å². The predicted molar refractivity (Wildman–Crippen MR) is 113 cm³/mol. The summed E-state index contributed by atoms with van der Waals surface area (Å²) < 4.78 is 20.7. The van der Waals surface area contributed by atoms with Gasteiger partial charge in [0.05, 0.1) is 12.7 Å². The lowest BCUT2D eigenvalue weighted by atomic mass is 10.1. The lowest BCUT2D eigenvalue weighted by Crippen LogP contribution is -2.37. The zero-order chi connectivity index (χ0) is 21.8. The molecule has 7 nitrogen and oxygen atoms in total. The first kappa shape index (κ1) is 20.6. The summed E-state index contributed by atoms with van der Waals surface area (Å²) in [5.74, 6) is -0.231. The molecule has 2 aromatic carbocycles. The number of ether oxygens (including phenoxy) is 1. The van der Waals surface area contributed by atoms with E-state index in [1.165, 1.54) is 17.9 Å². The Labute approximate surface area is 179 Å². The van der Waals surface area contributed by atoms with Crippen LogP contribution in [0, 0.1) is 5.82 Å². The highest BCUT2D eigenvalue weighted by Crippen LogP contribution is 2.20. The number of amides is 2. The number of hydrogen-bond donors (Lipinski definition) is 0. The van der Waals surface area contributed by atoms with Gasteiger partial charge in [-0.05, 0) is 36.8 Å². The number of halogens is 1. The Morgan fingerprint density at radius 3 is 2.32 bits per heavy atom. The molecule has 4 rings (SSSR count). The molecular weight excluding hydrogens is 399 g/mol. The van der Waals surface area contributed by atoms with Crippen molar-refractivity contribution in [2.24, 2.45) is 0 Å². The van der Waals surface area contributed by atoms with E-state index in [9.17, 15) is 14.0 Å². The molecule has 0 spiro atoms. The van der Waals surface area contributed by atoms with E-state index in [4.69, 9.17) is 4.74 Å². The van der Waals surface area contributed by atoms with Gasteiger partial charge in [0.1, 0.15) is 17.3 Å². The number of rotatable bonds is 4. The van der Waals surface area contributed by atoms with Crippen molar-refractivity contribution in [3.8, 4) is 11.4 Å². The fourth-order valence-corrected chi connectivity index (χ4v) is 3.69. The molecule has 0 aliphatic carbocycles. The zero-order valence-electron chi connectivity index (χ0n) is 17.2. The van der Waals surface area contributed by atoms with E-state index in [0.29, 0.717) is 43.9 Å². The van der Waals surface area contributed by atoms with Crippen LogP contribution in [0.5, 0.6) is 5.75 Å². The Bertz CT molecular complexity index is 1100. The molecule has 0 unspecified atom stereocenters. The minimum Gasteiger partial charge on any atom is -0.496 e. The van der Waals surface area contributed by atoms with Gasteiger partial charge in [0.25, 0.3) is 11.8 Å². The van der Waals surface area contributed by atoms with Gasteiger partial charge in [-0.15, -0.1) is 0 Å². The van der Waals surface area contributed by atoms with Crippen molar-refractivity contribution in [3.05, 3.63) is 77.9 Å². The maximum Gasteiger partial charge on any atom is 0.274 e. The highest BCUT2D eigenvalue weighted by Gasteiger charge is 2.26. The van der Waals surface area contributed by atoms with E-state index >= 15 is 0 Å². The van der Waals surface area contributed by atoms with Crippen LogP contribution in [0.1, 0.15) is 27.3 Å². The molecule has 1 aromatic heterocycles. The van der Waals surface area contributed by atoms with Crippen LogP contribution in [0.25, 0.3) is 5.69 Å². The number of methoxy groups -OCH3 is 1. The Morgan fingerprint density at radius 1 is 0.903 bits per heavy atom. The van der Waals surface area contributed by atoms with Crippen LogP contribution in [-0.2, 0) is 0 Å². The molecule has 0 saturated carbocycles. The van der Waals surface area contributed by atoms with Gasteiger partial charge in [-0.25, -0.2) is 9.07 Å². The van der Waals surface area contributed by atoms with Gasteiger partial charge < -0.3 is 14.5 Å². The standard InChI is InChI=1S/C23H23FN4O3/c1-31-21-10-5-2-7-17(21)22(29)26-12-6-13-27(16-15-26)23(30)19-11-14-28(25-19)20-9-4-3-8-18(20)24/h2-5,7-11,14H,6,12-13,15-16H2,1H3. The summed E-state index contributed by atoms with van der Waals surface area (Å²) in [6.45, 7) is 1.87. The molecule has 1 saturated heterocycles. The van der Waals surface area contributed by atoms with E-state index < -0.39 is 5.82 Å². The van der Waals surface area contributed by atoms with Crippen LogP contribution in [0.2, 0.25) is 0 Å². The van der Waals surface area contributed by atoms with Gasteiger partial charge >= 0.3 is 0 Å². The van der Waals surface area contributed by atoms with E-state index in [2.05, 4.69) is 5.10 Å². The molecule has 31 heavy (non-hydrogen) atoms. The number of carbonyl (C=O) groups is 2. The molecule has 160 valence electrons. The van der Waals surface area contributed by atoms with Crippen LogP contribution in [0.4, 0.5) is 4.39 Å². The molecular formula is C23H23FN4O3. The van der Waals surface area contributed by atoms with Crippen LogP contribution >= 0.6 is 0 Å². The van der Waals surface area contributed by atoms with E-state index in [1.54, 1.807) is 58.5 Å². The molecule has 1 aliphatic heterocycles. The van der Waals surface area contributed by atoms with Crippen molar-refractivity contribution in [2.75, 3.05) is 33.3 Å². The van der Waals surface area contributed by atoms with Crippen molar-refractivity contribution in [1.29, 1.82) is 0 Å². The smallest absolute Gasteiger partial charge is 0.274 e. The quantitative estimate of drug-likeness (QED) is 0.648. The second-order valence-corrected chi connectivity index (χ2v) is 7.24. The average Bonchev–Trinajstić information content (AvgIpc) is 3.16. The predicted octanol–water partition coefficient (Wildman–Crippen LogP) is 3.01. The topological polar surface area (TPSA) is 67.7 Å². The van der Waals surface area contributed by atoms with Crippen LogP contribution < -0.4 is 4.74 Å². The summed E-state index contributed by atoms with van der Waals surface area (Å²) >= 11 is 0. The third kappa shape index (κ3) is 4.28. The lowest BCUT2D eigenvalue weighted by Gasteiger charge is -2.22. The maximum atomic E-state index is 14.0. The van der Waals surface area contributed by atoms with E-state index in [1.807, 2.05) is 6.07 Å². The van der Waals surface area contributed by atoms with Crippen molar-refractivity contribution in [2.45, 2.75) is 6.42 Å². The average molecular weight is 422 g/mol. The monoisotopic (exact) mass is 422 g/mol. The van der Waals surface area contributed by atoms with Crippen molar-refractivity contribution < 1.29 is 18.7 Å². The van der Waals surface area contributed by atoms with Crippen LogP contribution in [0.15, 0.2) is 60.8 Å². The number of aromatic nitrogens is 2. The van der Waals surface area contributed by atoms with E-state index in [0.717, 1.165) is 0 Å². The third-order valence-electron chi connectivity index (χ3n) is 5.32. The van der Waals surface area contributed by atoms with Gasteiger partial charge in [-0.1, -0.05) is 24.3 Å². The lowest BCUT2D eigenvalue weighted by molar-refractivity contribution is 0.0713. The maximum absolute atomic E-state index is 14.0. The Morgan fingerprint density at radius 2 is 1.58 bits per heavy atom. The second-order valence-electron chi connectivity index (χ2n) is 7.24. The Balaban J connectivity index is 1.45. The summed E-state index contributed by atoms with van der Waals surface area (Å²) in [7, 11) is 1.54. The molecule has 8 heteroatoms. The summed E-state index contributed by atoms with van der Waals surface area (Å²) in [6, 6.07) is 15.0. The fraction of sp³-hybridized carbons (Fsp3) is 0.261. The number of hydrogen-bond acceptors (Lipinski definition) is 4. The summed E-state index contributed by atoms with van der Waals surface area (Å²) in [5.41, 5.74) is 1.03. The van der Waals surface area contributed by atoms with Gasteiger partial charge in [-0.2, -0.15) is 5.10 Å². The molecule has 0 N–H and O–H groups in total. The number of carbonyl (C=O) groups excluding carboxylic acids is 2. The number of nitrogens with zero attached hydrogens (tertiary/aromatic N) is 4. The number of benzene rings is 2. The molecule has 0 radical (unpaired) electrons. The number of para-hydroxylation sites is 2. The molecule has 1 aliphatic rings. The summed E-state index contributed by atoms with van der Waals surface area (Å²) in [5, 5.41) is 4.26. The first-order chi connectivity index (χ1) is 15.1. The third-order valence-corrected chi connectivity index (χ3v) is 5.32. The fourth-order valence-electron chi connectivity index (χ4n) is 3.69. The van der Waals surface area contributed by atoms with Crippen molar-refractivity contribution in [3.63, 3.8) is 0 Å². The van der Waals surface area contributed by atoms with Gasteiger partial charge in [0.15, 0.2) is 5.69 Å². The first-order valence-corrected chi connectivity index (χ1v) is 10.1. The largest absolute Gasteiger partial charge is 0.496 e. The summed E-state index contributed by atoms with van der Waals surface area (Å²) in [4.78, 5) is 29.3. The van der Waals surface area contributed by atoms with Gasteiger partial charge in [-0.3, -0.25) is 9.59 Å². The van der Waals surface area contributed by atoms with Crippen LogP contribution in [-0.4, -0.2) is 64.7 Å². The highest BCUT2D eigenvalue weighted by molar-refractivity contribution is 5.97. The normalized spacial score (nSPS) is 14.3. The molecule has 3 aromatic rings. The van der Waals surface area contributed by atoms with Gasteiger partial charge in [0, 0.05) is 32.4 Å². The SMILES string of the molecule is COc1ccccc1C(=O)N1CCCN(C(=O)c2ccn(-c3ccccc3F)n2)CC1. The van der Waals surface area contributed by atoms with Crippen molar-refractivity contribution in [1.82, 2.24) is 19.6 Å². The first-order valence-electron chi connectivity index (χ1n) is 10.1. The minimum absolute atomic E-state index is 0.115. The second kappa shape index (κ2) is 8.99. The van der Waals surface area contributed by atoms with Crippen molar-refractivity contribution >= 4 is 11.8 Å². The minimum atomic E-state index is -0.412. The Kier molecular flexibility index (Phi) is 5.97. The molecule has 2 heterocycles. The zero-order valence-corrected chi connectivity index (χ0v) is 17.2. The Hall–Kier alpha value is -3.68. The van der Waals surface area contributed by atoms with Crippen LogP contribution in [0.3, 0.4) is 0 Å². The van der Waals surface area contributed by atoms with E-state index in [-0.39, 0.29) is 23.2 Å². The molecule has 2 amide bonds. The molecule has 0 bridgehead atoms. The highest BCUT2D eigenvalue weighted by atomic mass is 19.1.